The molecule has 0 aromatic carbocycles. The highest BCUT2D eigenvalue weighted by Gasteiger charge is 2.32. The van der Waals surface area contributed by atoms with E-state index in [1.54, 1.807) is 7.11 Å². The Kier molecular flexibility index (Phi) is 4.18. The van der Waals surface area contributed by atoms with E-state index < -0.39 is 0 Å². The summed E-state index contributed by atoms with van der Waals surface area (Å²) in [6.07, 6.45) is 4.46. The first-order chi connectivity index (χ1) is 7.83. The highest BCUT2D eigenvalue weighted by atomic mass is 16.5. The molecule has 0 spiro atoms. The molecule has 0 saturated carbocycles. The van der Waals surface area contributed by atoms with Crippen molar-refractivity contribution in [3.05, 3.63) is 0 Å². The molecule has 4 heteroatoms. The molecule has 2 atom stereocenters. The molecule has 2 aliphatic heterocycles. The average Bonchev–Trinajstić information content (AvgIpc) is 2.83. The summed E-state index contributed by atoms with van der Waals surface area (Å²) in [7, 11) is 1.72. The lowest BCUT2D eigenvalue weighted by Crippen LogP contribution is -2.48. The van der Waals surface area contributed by atoms with Crippen LogP contribution < -0.4 is 5.32 Å². The molecular weight excluding hydrogens is 204 g/mol. The van der Waals surface area contributed by atoms with E-state index in [2.05, 4.69) is 10.2 Å². The fourth-order valence-corrected chi connectivity index (χ4v) is 2.76. The monoisotopic (exact) mass is 226 g/mol. The summed E-state index contributed by atoms with van der Waals surface area (Å²) < 4.78 is 5.21. The van der Waals surface area contributed by atoms with Gasteiger partial charge in [-0.05, 0) is 32.2 Å². The van der Waals surface area contributed by atoms with Crippen molar-refractivity contribution in [2.75, 3.05) is 33.4 Å². The first kappa shape index (κ1) is 11.9. The average molecular weight is 226 g/mol. The van der Waals surface area contributed by atoms with Crippen molar-refractivity contribution in [3.8, 4) is 0 Å². The van der Waals surface area contributed by atoms with Crippen molar-refractivity contribution in [1.29, 1.82) is 0 Å². The Morgan fingerprint density at radius 2 is 2.31 bits per heavy atom. The maximum Gasteiger partial charge on any atom is 0.227 e. The molecule has 0 aliphatic carbocycles. The van der Waals surface area contributed by atoms with Crippen LogP contribution in [0.2, 0.25) is 0 Å². The zero-order valence-corrected chi connectivity index (χ0v) is 10.1. The van der Waals surface area contributed by atoms with Gasteiger partial charge in [-0.2, -0.15) is 0 Å². The standard InChI is InChI=1S/C12H22N2O2/c1-16-9-11-4-2-3-7-14(11)12(15)10-5-6-13-8-10/h10-11,13H,2-9H2,1H3/t10-,11-/m0/s1. The van der Waals surface area contributed by atoms with Gasteiger partial charge >= 0.3 is 0 Å². The van der Waals surface area contributed by atoms with E-state index in [9.17, 15) is 4.79 Å². The van der Waals surface area contributed by atoms with Gasteiger partial charge in [0, 0.05) is 20.2 Å². The summed E-state index contributed by atoms with van der Waals surface area (Å²) in [5, 5.41) is 3.26. The van der Waals surface area contributed by atoms with Gasteiger partial charge in [0.15, 0.2) is 0 Å². The van der Waals surface area contributed by atoms with E-state index in [4.69, 9.17) is 4.74 Å². The van der Waals surface area contributed by atoms with Gasteiger partial charge in [0.1, 0.15) is 0 Å². The fourth-order valence-electron chi connectivity index (χ4n) is 2.76. The van der Waals surface area contributed by atoms with Crippen LogP contribution >= 0.6 is 0 Å². The minimum atomic E-state index is 0.206. The molecule has 4 nitrogen and oxygen atoms in total. The van der Waals surface area contributed by atoms with Crippen molar-refractivity contribution in [2.24, 2.45) is 5.92 Å². The molecule has 16 heavy (non-hydrogen) atoms. The molecule has 1 amide bonds. The molecule has 2 fully saturated rings. The van der Waals surface area contributed by atoms with E-state index >= 15 is 0 Å². The zero-order valence-electron chi connectivity index (χ0n) is 10.1. The number of carbonyl (C=O) groups excluding carboxylic acids is 1. The van der Waals surface area contributed by atoms with Crippen molar-refractivity contribution in [3.63, 3.8) is 0 Å². The lowest BCUT2D eigenvalue weighted by molar-refractivity contribution is -0.140. The first-order valence-corrected chi connectivity index (χ1v) is 6.33. The summed E-state index contributed by atoms with van der Waals surface area (Å²) in [6, 6.07) is 0.312. The zero-order chi connectivity index (χ0) is 11.4. The molecule has 0 bridgehead atoms. The lowest BCUT2D eigenvalue weighted by Gasteiger charge is -2.36. The van der Waals surface area contributed by atoms with Gasteiger partial charge in [-0.15, -0.1) is 0 Å². The number of nitrogens with one attached hydrogen (secondary N) is 1. The Labute approximate surface area is 97.3 Å². The number of amides is 1. The summed E-state index contributed by atoms with van der Waals surface area (Å²) in [5.41, 5.74) is 0. The van der Waals surface area contributed by atoms with Crippen molar-refractivity contribution < 1.29 is 9.53 Å². The molecule has 2 heterocycles. The minimum Gasteiger partial charge on any atom is -0.383 e. The normalized spacial score (nSPS) is 30.7. The molecule has 2 saturated heterocycles. The third kappa shape index (κ3) is 2.55. The van der Waals surface area contributed by atoms with Gasteiger partial charge in [-0.25, -0.2) is 0 Å². The molecule has 1 N–H and O–H groups in total. The Balaban J connectivity index is 1.95. The Hall–Kier alpha value is -0.610. The third-order valence-corrected chi connectivity index (χ3v) is 3.68. The highest BCUT2D eigenvalue weighted by molar-refractivity contribution is 5.79. The van der Waals surface area contributed by atoms with Crippen LogP contribution in [0, 0.1) is 5.92 Å². The van der Waals surface area contributed by atoms with Gasteiger partial charge in [0.2, 0.25) is 5.91 Å². The second-order valence-corrected chi connectivity index (χ2v) is 4.83. The van der Waals surface area contributed by atoms with E-state index in [0.29, 0.717) is 18.6 Å². The molecule has 0 aromatic heterocycles. The first-order valence-electron chi connectivity index (χ1n) is 6.33. The van der Waals surface area contributed by atoms with Gasteiger partial charge in [0.05, 0.1) is 18.6 Å². The van der Waals surface area contributed by atoms with Crippen LogP contribution in [0.1, 0.15) is 25.7 Å². The van der Waals surface area contributed by atoms with Crippen LogP contribution in [0.3, 0.4) is 0 Å². The number of ether oxygens (including phenoxy) is 1. The Morgan fingerprint density at radius 3 is 3.00 bits per heavy atom. The minimum absolute atomic E-state index is 0.206. The number of hydrogen-bond acceptors (Lipinski definition) is 3. The second-order valence-electron chi connectivity index (χ2n) is 4.83. The van der Waals surface area contributed by atoms with Crippen molar-refractivity contribution >= 4 is 5.91 Å². The second kappa shape index (κ2) is 5.64. The van der Waals surface area contributed by atoms with Crippen molar-refractivity contribution in [1.82, 2.24) is 10.2 Å². The number of hydrogen-bond donors (Lipinski definition) is 1. The topological polar surface area (TPSA) is 41.6 Å². The van der Waals surface area contributed by atoms with Crippen molar-refractivity contribution in [2.45, 2.75) is 31.7 Å². The van der Waals surface area contributed by atoms with Gasteiger partial charge in [-0.1, -0.05) is 0 Å². The Morgan fingerprint density at radius 1 is 1.44 bits per heavy atom. The van der Waals surface area contributed by atoms with Crippen LogP contribution in [0.25, 0.3) is 0 Å². The third-order valence-electron chi connectivity index (χ3n) is 3.68. The van der Waals surface area contributed by atoms with Crippen LogP contribution in [0.15, 0.2) is 0 Å². The molecule has 2 rings (SSSR count). The molecular formula is C12H22N2O2. The quantitative estimate of drug-likeness (QED) is 0.767. The largest absolute Gasteiger partial charge is 0.383 e. The number of likely N-dealkylation sites (tertiary alicyclic amines) is 1. The summed E-state index contributed by atoms with van der Waals surface area (Å²) in [4.78, 5) is 14.4. The maximum atomic E-state index is 12.3. The number of piperidine rings is 1. The van der Waals surface area contributed by atoms with Crippen LogP contribution in [-0.2, 0) is 9.53 Å². The summed E-state index contributed by atoms with van der Waals surface area (Å²) in [6.45, 7) is 3.45. The van der Waals surface area contributed by atoms with Gasteiger partial charge in [0.25, 0.3) is 0 Å². The summed E-state index contributed by atoms with van der Waals surface area (Å²) in [5.74, 6) is 0.546. The Bertz CT molecular complexity index is 237. The molecule has 0 aromatic rings. The molecule has 92 valence electrons. The number of carbonyl (C=O) groups is 1. The molecule has 0 unspecified atom stereocenters. The predicted octanol–water partition coefficient (Wildman–Crippen LogP) is 0.623. The van der Waals surface area contributed by atoms with Crippen LogP contribution in [0.5, 0.6) is 0 Å². The number of nitrogens with zero attached hydrogens (tertiary/aromatic N) is 1. The van der Waals surface area contributed by atoms with Crippen LogP contribution in [-0.4, -0.2) is 50.2 Å². The highest BCUT2D eigenvalue weighted by Crippen LogP contribution is 2.21. The molecule has 2 aliphatic rings. The van der Waals surface area contributed by atoms with E-state index in [0.717, 1.165) is 38.9 Å². The maximum absolute atomic E-state index is 12.3. The van der Waals surface area contributed by atoms with E-state index in [-0.39, 0.29) is 5.92 Å². The summed E-state index contributed by atoms with van der Waals surface area (Å²) >= 11 is 0. The number of rotatable bonds is 3. The van der Waals surface area contributed by atoms with E-state index in [1.165, 1.54) is 6.42 Å². The lowest BCUT2D eigenvalue weighted by atomic mass is 9.99. The smallest absolute Gasteiger partial charge is 0.227 e. The fraction of sp³-hybridized carbons (Fsp3) is 0.917. The number of methoxy groups -OCH3 is 1. The van der Waals surface area contributed by atoms with E-state index in [1.807, 2.05) is 0 Å². The molecule has 0 radical (unpaired) electrons. The SMILES string of the molecule is COC[C@@H]1CCCCN1C(=O)[C@H]1CCNC1. The predicted molar refractivity (Wildman–Crippen MR) is 62.2 cm³/mol. The van der Waals surface area contributed by atoms with Gasteiger partial charge in [-0.3, -0.25) is 4.79 Å². The van der Waals surface area contributed by atoms with Gasteiger partial charge < -0.3 is 15.0 Å². The van der Waals surface area contributed by atoms with Crippen LogP contribution in [0.4, 0.5) is 0 Å².